The highest BCUT2D eigenvalue weighted by Crippen LogP contribution is 2.26. The van der Waals surface area contributed by atoms with Gasteiger partial charge in [0.1, 0.15) is 11.6 Å². The Morgan fingerprint density at radius 1 is 1.22 bits per heavy atom. The minimum atomic E-state index is -1.08. The predicted molar refractivity (Wildman–Crippen MR) is 87.5 cm³/mol. The number of benzene rings is 2. The zero-order valence-corrected chi connectivity index (χ0v) is 13.0. The summed E-state index contributed by atoms with van der Waals surface area (Å²) in [7, 11) is 1.58. The number of rotatable bonds is 4. The minimum Gasteiger partial charge on any atom is -0.497 e. The Morgan fingerprint density at radius 3 is 2.61 bits per heavy atom. The molecule has 0 fully saturated rings. The molecule has 0 saturated heterocycles. The normalized spacial score (nSPS) is 10.5. The lowest BCUT2D eigenvalue weighted by Crippen LogP contribution is -1.96. The molecule has 0 spiro atoms. The second-order valence-corrected chi connectivity index (χ2v) is 5.27. The number of carboxylic acids is 1. The van der Waals surface area contributed by atoms with Gasteiger partial charge in [0, 0.05) is 22.5 Å². The maximum absolute atomic E-state index is 11.3. The number of carboxylic acid groups (broad SMARTS) is 1. The molecule has 23 heavy (non-hydrogen) atoms. The quantitative estimate of drug-likeness (QED) is 0.789. The van der Waals surface area contributed by atoms with Gasteiger partial charge < -0.3 is 9.84 Å². The zero-order chi connectivity index (χ0) is 16.4. The van der Waals surface area contributed by atoms with Crippen LogP contribution in [-0.2, 0) is 0 Å². The number of methoxy groups -OCH3 is 1. The number of imidazole rings is 1. The van der Waals surface area contributed by atoms with Gasteiger partial charge in [0.05, 0.1) is 7.11 Å². The van der Waals surface area contributed by atoms with E-state index in [1.165, 1.54) is 6.20 Å². The summed E-state index contributed by atoms with van der Waals surface area (Å²) < 4.78 is 6.94. The van der Waals surface area contributed by atoms with E-state index in [2.05, 4.69) is 4.98 Å². The van der Waals surface area contributed by atoms with Crippen LogP contribution >= 0.6 is 11.6 Å². The lowest BCUT2D eigenvalue weighted by atomic mass is 10.2. The van der Waals surface area contributed by atoms with Crippen molar-refractivity contribution >= 4 is 17.6 Å². The molecule has 0 amide bonds. The monoisotopic (exact) mass is 328 g/mol. The van der Waals surface area contributed by atoms with Crippen LogP contribution in [0, 0.1) is 0 Å². The molecule has 0 bridgehead atoms. The number of halogens is 1. The Labute approximate surface area is 137 Å². The number of hydrogen-bond acceptors (Lipinski definition) is 3. The number of carbonyl (C=O) groups is 1. The first-order valence-corrected chi connectivity index (χ1v) is 7.19. The van der Waals surface area contributed by atoms with Crippen molar-refractivity contribution in [2.24, 2.45) is 0 Å². The molecule has 0 saturated carbocycles. The number of nitrogens with zero attached hydrogens (tertiary/aromatic N) is 2. The summed E-state index contributed by atoms with van der Waals surface area (Å²) in [5, 5.41) is 9.85. The highest BCUT2D eigenvalue weighted by molar-refractivity contribution is 6.30. The van der Waals surface area contributed by atoms with Gasteiger partial charge in [-0.3, -0.25) is 4.57 Å². The van der Waals surface area contributed by atoms with Gasteiger partial charge in [-0.05, 0) is 36.4 Å². The van der Waals surface area contributed by atoms with Crippen molar-refractivity contribution in [2.45, 2.75) is 0 Å². The largest absolute Gasteiger partial charge is 0.497 e. The maximum Gasteiger partial charge on any atom is 0.356 e. The van der Waals surface area contributed by atoms with Crippen LogP contribution in [0.4, 0.5) is 0 Å². The van der Waals surface area contributed by atoms with E-state index in [1.807, 2.05) is 18.2 Å². The lowest BCUT2D eigenvalue weighted by Gasteiger charge is -2.09. The highest BCUT2D eigenvalue weighted by atomic mass is 35.5. The van der Waals surface area contributed by atoms with Crippen molar-refractivity contribution in [1.82, 2.24) is 9.55 Å². The van der Waals surface area contributed by atoms with E-state index in [0.29, 0.717) is 16.6 Å². The first-order chi connectivity index (χ1) is 11.1. The smallest absolute Gasteiger partial charge is 0.356 e. The summed E-state index contributed by atoms with van der Waals surface area (Å²) in [5.41, 5.74) is 1.50. The molecule has 6 heteroatoms. The standard InChI is InChI=1S/C17H13ClN2O3/c1-23-14-4-2-3-11(9-14)16-19-15(17(21)22)10-20(16)13-7-5-12(18)6-8-13/h2-10H,1H3,(H,21,22). The third-order valence-corrected chi connectivity index (χ3v) is 3.61. The Balaban J connectivity index is 2.18. The third kappa shape index (κ3) is 3.05. The fourth-order valence-corrected chi connectivity index (χ4v) is 2.37. The summed E-state index contributed by atoms with van der Waals surface area (Å²) in [5.74, 6) is 0.107. The molecule has 0 aliphatic heterocycles. The molecule has 5 nitrogen and oxygen atoms in total. The van der Waals surface area contributed by atoms with Crippen LogP contribution in [0.3, 0.4) is 0 Å². The van der Waals surface area contributed by atoms with Crippen molar-refractivity contribution in [1.29, 1.82) is 0 Å². The molecule has 1 N–H and O–H groups in total. The van der Waals surface area contributed by atoms with Gasteiger partial charge in [0.25, 0.3) is 0 Å². The van der Waals surface area contributed by atoms with Crippen molar-refractivity contribution in [2.75, 3.05) is 7.11 Å². The number of aromatic carboxylic acids is 1. The summed E-state index contributed by atoms with van der Waals surface area (Å²) >= 11 is 5.92. The van der Waals surface area contributed by atoms with Crippen LogP contribution < -0.4 is 4.74 Å². The predicted octanol–water partition coefficient (Wildman–Crippen LogP) is 3.90. The van der Waals surface area contributed by atoms with E-state index in [4.69, 9.17) is 16.3 Å². The van der Waals surface area contributed by atoms with Gasteiger partial charge >= 0.3 is 5.97 Å². The summed E-state index contributed by atoms with van der Waals surface area (Å²) in [6.45, 7) is 0. The van der Waals surface area contributed by atoms with Crippen LogP contribution in [0.15, 0.2) is 54.7 Å². The van der Waals surface area contributed by atoms with Crippen LogP contribution in [0.1, 0.15) is 10.5 Å². The van der Waals surface area contributed by atoms with E-state index in [9.17, 15) is 9.90 Å². The van der Waals surface area contributed by atoms with Crippen LogP contribution in [0.2, 0.25) is 5.02 Å². The van der Waals surface area contributed by atoms with Crippen molar-refractivity contribution in [3.63, 3.8) is 0 Å². The number of ether oxygens (including phenoxy) is 1. The number of aromatic nitrogens is 2. The van der Waals surface area contributed by atoms with Gasteiger partial charge in [-0.25, -0.2) is 9.78 Å². The molecule has 2 aromatic carbocycles. The third-order valence-electron chi connectivity index (χ3n) is 3.36. The van der Waals surface area contributed by atoms with Gasteiger partial charge in [-0.15, -0.1) is 0 Å². The average Bonchev–Trinajstić information content (AvgIpc) is 3.01. The zero-order valence-electron chi connectivity index (χ0n) is 12.2. The van der Waals surface area contributed by atoms with E-state index in [0.717, 1.165) is 11.3 Å². The van der Waals surface area contributed by atoms with E-state index in [-0.39, 0.29) is 5.69 Å². The van der Waals surface area contributed by atoms with Crippen molar-refractivity contribution in [3.05, 3.63) is 65.4 Å². The van der Waals surface area contributed by atoms with E-state index < -0.39 is 5.97 Å². The van der Waals surface area contributed by atoms with Crippen molar-refractivity contribution < 1.29 is 14.6 Å². The summed E-state index contributed by atoms with van der Waals surface area (Å²) in [6, 6.07) is 14.4. The molecule has 116 valence electrons. The fraction of sp³-hybridized carbons (Fsp3) is 0.0588. The average molecular weight is 329 g/mol. The molecular weight excluding hydrogens is 316 g/mol. The second kappa shape index (κ2) is 6.14. The second-order valence-electron chi connectivity index (χ2n) is 4.83. The minimum absolute atomic E-state index is 0.0298. The topological polar surface area (TPSA) is 64.3 Å². The molecular formula is C17H13ClN2O3. The molecule has 1 aromatic heterocycles. The molecule has 0 atom stereocenters. The summed E-state index contributed by atoms with van der Waals surface area (Å²) in [6.07, 6.45) is 1.49. The van der Waals surface area contributed by atoms with Gasteiger partial charge in [-0.2, -0.15) is 0 Å². The molecule has 3 rings (SSSR count). The summed E-state index contributed by atoms with van der Waals surface area (Å²) in [4.78, 5) is 15.5. The first-order valence-electron chi connectivity index (χ1n) is 6.81. The Kier molecular flexibility index (Phi) is 4.04. The van der Waals surface area contributed by atoms with Crippen LogP contribution in [0.25, 0.3) is 17.1 Å². The SMILES string of the molecule is COc1cccc(-c2nc(C(=O)O)cn2-c2ccc(Cl)cc2)c1. The Bertz CT molecular complexity index is 857. The van der Waals surface area contributed by atoms with Crippen LogP contribution in [-0.4, -0.2) is 27.7 Å². The molecule has 0 radical (unpaired) electrons. The van der Waals surface area contributed by atoms with Gasteiger partial charge in [0.15, 0.2) is 5.69 Å². The Morgan fingerprint density at radius 2 is 1.96 bits per heavy atom. The molecule has 0 aliphatic rings. The van der Waals surface area contributed by atoms with Gasteiger partial charge in [-0.1, -0.05) is 23.7 Å². The first kappa shape index (κ1) is 15.1. The molecule has 1 heterocycles. The van der Waals surface area contributed by atoms with Gasteiger partial charge in [0.2, 0.25) is 0 Å². The lowest BCUT2D eigenvalue weighted by molar-refractivity contribution is 0.0691. The Hall–Kier alpha value is -2.79. The van der Waals surface area contributed by atoms with E-state index >= 15 is 0 Å². The van der Waals surface area contributed by atoms with Crippen molar-refractivity contribution in [3.8, 4) is 22.8 Å². The van der Waals surface area contributed by atoms with Crippen LogP contribution in [0.5, 0.6) is 5.75 Å². The van der Waals surface area contributed by atoms with E-state index in [1.54, 1.807) is 42.0 Å². The molecule has 0 aliphatic carbocycles. The fourth-order valence-electron chi connectivity index (χ4n) is 2.25. The molecule has 0 unspecified atom stereocenters. The number of hydrogen-bond donors (Lipinski definition) is 1. The maximum atomic E-state index is 11.3. The molecule has 3 aromatic rings. The highest BCUT2D eigenvalue weighted by Gasteiger charge is 2.16.